The van der Waals surface area contributed by atoms with Crippen LogP contribution in [0.1, 0.15) is 22.9 Å². The molecule has 1 aliphatic heterocycles. The van der Waals surface area contributed by atoms with Crippen LogP contribution in [0, 0.1) is 6.92 Å². The van der Waals surface area contributed by atoms with Gasteiger partial charge >= 0.3 is 5.69 Å². The lowest BCUT2D eigenvalue weighted by Gasteiger charge is -2.27. The van der Waals surface area contributed by atoms with E-state index in [-0.39, 0.29) is 11.0 Å². The van der Waals surface area contributed by atoms with Crippen molar-refractivity contribution in [3.63, 3.8) is 0 Å². The summed E-state index contributed by atoms with van der Waals surface area (Å²) in [4.78, 5) is 39.9. The minimum atomic E-state index is -0.802. The maximum Gasteiger partial charge on any atom is 0.331 e. The molecule has 0 bridgehead atoms. The van der Waals surface area contributed by atoms with E-state index < -0.39 is 11.8 Å². The zero-order valence-electron chi connectivity index (χ0n) is 19.6. The highest BCUT2D eigenvalue weighted by Crippen LogP contribution is 2.40. The Kier molecular flexibility index (Phi) is 4.69. The molecule has 0 N–H and O–H groups in total. The van der Waals surface area contributed by atoms with Gasteiger partial charge in [-0.15, -0.1) is 0 Å². The molecule has 6 rings (SSSR count). The molecule has 8 heteroatoms. The summed E-state index contributed by atoms with van der Waals surface area (Å²) in [5, 5.41) is 0.874. The highest BCUT2D eigenvalue weighted by Gasteiger charge is 2.34. The van der Waals surface area contributed by atoms with Crippen LogP contribution < -0.4 is 16.7 Å². The summed E-state index contributed by atoms with van der Waals surface area (Å²) >= 11 is 0. The molecule has 176 valence electrons. The second-order valence-electron chi connectivity index (χ2n) is 8.95. The Morgan fingerprint density at radius 3 is 2.46 bits per heavy atom. The second kappa shape index (κ2) is 7.68. The summed E-state index contributed by atoms with van der Waals surface area (Å²) < 4.78 is 16.5. The van der Waals surface area contributed by atoms with Crippen LogP contribution in [0.4, 0.5) is 0 Å². The standard InChI is InChI=1S/C27H23N3O5/c1-15-8-10-16(11-9-15)21-20-22(28(2)27(33)29(3)26(20)32)23-25(34-13-12-30(21)23)18-14-35-19-7-5-4-6-17(19)24(18)31/h4-11,14,25H,12-13H2,1-3H3/t25-/m1/s1. The van der Waals surface area contributed by atoms with Gasteiger partial charge in [0.05, 0.1) is 39.8 Å². The van der Waals surface area contributed by atoms with E-state index in [2.05, 4.69) is 0 Å². The number of aryl methyl sites for hydroxylation is 2. The molecule has 35 heavy (non-hydrogen) atoms. The minimum absolute atomic E-state index is 0.203. The highest BCUT2D eigenvalue weighted by atomic mass is 16.5. The lowest BCUT2D eigenvalue weighted by Crippen LogP contribution is -2.37. The van der Waals surface area contributed by atoms with E-state index in [4.69, 9.17) is 9.15 Å². The molecule has 0 saturated carbocycles. The number of ether oxygens (including phenoxy) is 1. The van der Waals surface area contributed by atoms with Gasteiger partial charge < -0.3 is 13.7 Å². The molecule has 8 nitrogen and oxygen atoms in total. The van der Waals surface area contributed by atoms with Crippen molar-refractivity contribution in [3.05, 3.63) is 103 Å². The smallest absolute Gasteiger partial charge is 0.331 e. The van der Waals surface area contributed by atoms with Crippen LogP contribution in [0.2, 0.25) is 0 Å². The molecule has 5 aromatic rings. The van der Waals surface area contributed by atoms with Gasteiger partial charge in [-0.1, -0.05) is 42.0 Å². The summed E-state index contributed by atoms with van der Waals surface area (Å²) in [5.41, 5.74) is 3.51. The number of benzene rings is 2. The van der Waals surface area contributed by atoms with Crippen molar-refractivity contribution in [2.24, 2.45) is 14.1 Å². The Bertz CT molecular complexity index is 1820. The third kappa shape index (κ3) is 2.99. The summed E-state index contributed by atoms with van der Waals surface area (Å²) in [6.07, 6.45) is 0.623. The van der Waals surface area contributed by atoms with Crippen molar-refractivity contribution in [1.82, 2.24) is 13.7 Å². The van der Waals surface area contributed by atoms with E-state index in [9.17, 15) is 14.4 Å². The van der Waals surface area contributed by atoms with Crippen LogP contribution in [0.3, 0.4) is 0 Å². The molecule has 0 saturated heterocycles. The van der Waals surface area contributed by atoms with Gasteiger partial charge in [-0.25, -0.2) is 4.79 Å². The largest absolute Gasteiger partial charge is 0.464 e. The van der Waals surface area contributed by atoms with Gasteiger partial charge in [0.1, 0.15) is 18.0 Å². The van der Waals surface area contributed by atoms with Gasteiger partial charge in [-0.2, -0.15) is 0 Å². The van der Waals surface area contributed by atoms with Crippen LogP contribution in [-0.4, -0.2) is 20.3 Å². The van der Waals surface area contributed by atoms with Crippen LogP contribution >= 0.6 is 0 Å². The first kappa shape index (κ1) is 21.4. The number of aromatic nitrogens is 3. The molecule has 0 unspecified atom stereocenters. The van der Waals surface area contributed by atoms with Crippen molar-refractivity contribution in [3.8, 4) is 11.3 Å². The van der Waals surface area contributed by atoms with Crippen molar-refractivity contribution in [2.45, 2.75) is 19.6 Å². The van der Waals surface area contributed by atoms with Crippen molar-refractivity contribution >= 4 is 21.9 Å². The zero-order valence-corrected chi connectivity index (χ0v) is 19.6. The molecular formula is C27H23N3O5. The van der Waals surface area contributed by atoms with Gasteiger partial charge in [0.25, 0.3) is 5.56 Å². The molecule has 2 aromatic carbocycles. The molecular weight excluding hydrogens is 446 g/mol. The first-order valence-corrected chi connectivity index (χ1v) is 11.4. The van der Waals surface area contributed by atoms with Gasteiger partial charge in [0.2, 0.25) is 0 Å². The number of rotatable bonds is 2. The molecule has 0 spiro atoms. The van der Waals surface area contributed by atoms with Gasteiger partial charge in [0.15, 0.2) is 5.43 Å². The Balaban J connectivity index is 1.75. The second-order valence-corrected chi connectivity index (χ2v) is 8.95. The Labute approximate surface area is 199 Å². The van der Waals surface area contributed by atoms with Crippen LogP contribution in [-0.2, 0) is 25.4 Å². The van der Waals surface area contributed by atoms with Crippen molar-refractivity contribution in [1.29, 1.82) is 0 Å². The van der Waals surface area contributed by atoms with E-state index in [1.807, 2.05) is 35.8 Å². The van der Waals surface area contributed by atoms with Gasteiger partial charge in [-0.3, -0.25) is 18.7 Å². The Morgan fingerprint density at radius 1 is 0.943 bits per heavy atom. The zero-order chi connectivity index (χ0) is 24.4. The topological polar surface area (TPSA) is 88.4 Å². The maximum atomic E-state index is 13.5. The fourth-order valence-electron chi connectivity index (χ4n) is 5.10. The molecule has 3 aromatic heterocycles. The van der Waals surface area contributed by atoms with E-state index in [1.54, 1.807) is 31.3 Å². The summed E-state index contributed by atoms with van der Waals surface area (Å²) in [6, 6.07) is 15.0. The molecule has 1 atom stereocenters. The van der Waals surface area contributed by atoms with Crippen molar-refractivity contribution in [2.75, 3.05) is 6.61 Å². The third-order valence-electron chi connectivity index (χ3n) is 6.87. The normalized spacial score (nSPS) is 15.6. The first-order valence-electron chi connectivity index (χ1n) is 11.4. The highest BCUT2D eigenvalue weighted by molar-refractivity contribution is 5.96. The molecule has 4 heterocycles. The molecule has 1 aliphatic rings. The van der Waals surface area contributed by atoms with Crippen LogP contribution in [0.25, 0.3) is 33.1 Å². The molecule has 0 aliphatic carbocycles. The lowest BCUT2D eigenvalue weighted by molar-refractivity contribution is 0.0463. The minimum Gasteiger partial charge on any atom is -0.464 e. The quantitative estimate of drug-likeness (QED) is 0.396. The number of fused-ring (bicyclic) bond motifs is 4. The summed E-state index contributed by atoms with van der Waals surface area (Å²) in [5.74, 6) is 0. The number of para-hydroxylation sites is 1. The fourth-order valence-corrected chi connectivity index (χ4v) is 5.10. The van der Waals surface area contributed by atoms with E-state index in [1.165, 1.54) is 17.9 Å². The number of nitrogens with zero attached hydrogens (tertiary/aromatic N) is 3. The van der Waals surface area contributed by atoms with E-state index >= 15 is 0 Å². The van der Waals surface area contributed by atoms with Crippen LogP contribution in [0.15, 0.2) is 73.6 Å². The lowest BCUT2D eigenvalue weighted by atomic mass is 10.0. The van der Waals surface area contributed by atoms with Gasteiger partial charge in [-0.05, 0) is 24.6 Å². The fraction of sp³-hybridized carbons (Fsp3) is 0.222. The summed E-state index contributed by atoms with van der Waals surface area (Å²) in [6.45, 7) is 2.80. The summed E-state index contributed by atoms with van der Waals surface area (Å²) in [7, 11) is 3.12. The SMILES string of the molecule is Cc1ccc(-c2c3c(=O)n(C)c(=O)n(C)c3c3n2CCO[C@@H]3c2coc3ccccc3c2=O)cc1. The number of hydrogen-bond donors (Lipinski definition) is 0. The predicted molar refractivity (Wildman–Crippen MR) is 133 cm³/mol. The molecule has 0 amide bonds. The average molecular weight is 469 g/mol. The average Bonchev–Trinajstić information content (AvgIpc) is 3.23. The van der Waals surface area contributed by atoms with E-state index in [0.717, 1.165) is 15.7 Å². The van der Waals surface area contributed by atoms with E-state index in [0.29, 0.717) is 52.0 Å². The number of hydrogen-bond acceptors (Lipinski definition) is 5. The predicted octanol–water partition coefficient (Wildman–Crippen LogP) is 3.24. The Morgan fingerprint density at radius 2 is 1.69 bits per heavy atom. The van der Waals surface area contributed by atoms with Gasteiger partial charge in [0, 0.05) is 20.6 Å². The third-order valence-corrected chi connectivity index (χ3v) is 6.87. The van der Waals surface area contributed by atoms with Crippen molar-refractivity contribution < 1.29 is 9.15 Å². The molecule has 0 fully saturated rings. The Hall–Kier alpha value is -4.17. The first-order chi connectivity index (χ1) is 16.9. The van der Waals surface area contributed by atoms with Crippen LogP contribution in [0.5, 0.6) is 0 Å². The maximum absolute atomic E-state index is 13.5. The monoisotopic (exact) mass is 469 g/mol. The molecule has 0 radical (unpaired) electrons.